The molecule has 134 valence electrons. The van der Waals surface area contributed by atoms with Crippen LogP contribution in [0.15, 0.2) is 36.7 Å². The number of benzene rings is 2. The van der Waals surface area contributed by atoms with Crippen LogP contribution >= 0.6 is 11.6 Å². The van der Waals surface area contributed by atoms with Crippen molar-refractivity contribution in [2.45, 2.75) is 25.7 Å². The van der Waals surface area contributed by atoms with Gasteiger partial charge in [-0.1, -0.05) is 29.8 Å². The molecule has 26 heavy (non-hydrogen) atoms. The summed E-state index contributed by atoms with van der Waals surface area (Å²) in [6.07, 6.45) is 0.727. The van der Waals surface area contributed by atoms with Crippen LogP contribution in [0.4, 0.5) is 4.39 Å². The van der Waals surface area contributed by atoms with E-state index in [0.29, 0.717) is 38.3 Å². The van der Waals surface area contributed by atoms with Crippen LogP contribution in [0.25, 0.3) is 22.2 Å². The van der Waals surface area contributed by atoms with Crippen LogP contribution < -0.4 is 5.73 Å². The minimum absolute atomic E-state index is 0.117. The summed E-state index contributed by atoms with van der Waals surface area (Å²) in [6.45, 7) is 0.198. The highest BCUT2D eigenvalue weighted by Crippen LogP contribution is 2.35. The van der Waals surface area contributed by atoms with Crippen LogP contribution in [-0.2, 0) is 13.2 Å². The summed E-state index contributed by atoms with van der Waals surface area (Å²) in [7, 11) is 0. The van der Waals surface area contributed by atoms with Gasteiger partial charge in [0.05, 0.1) is 47.2 Å². The molecule has 0 radical (unpaired) electrons. The fraction of sp³-hybridized carbons (Fsp3) is 0.263. The second-order valence-corrected chi connectivity index (χ2v) is 6.39. The standard InChI is InChI=1S/C19H18ClFN4O/c20-18-13(10-26)2-1-3-15(18)16-6-12(8-23)7-17-19(16)24-11-25(17)9-14(21)4-5-22/h1-3,6-7,11,14,26H,4-5,9-10,22H2. The highest BCUT2D eigenvalue weighted by molar-refractivity contribution is 6.34. The fourth-order valence-corrected chi connectivity index (χ4v) is 3.26. The molecule has 0 saturated carbocycles. The van der Waals surface area contributed by atoms with E-state index in [1.54, 1.807) is 35.2 Å². The number of hydrogen-bond donors (Lipinski definition) is 2. The summed E-state index contributed by atoms with van der Waals surface area (Å²) in [6, 6.07) is 10.8. The monoisotopic (exact) mass is 372 g/mol. The number of aliphatic hydroxyl groups excluding tert-OH is 1. The number of aromatic nitrogens is 2. The van der Waals surface area contributed by atoms with E-state index in [9.17, 15) is 14.8 Å². The van der Waals surface area contributed by atoms with Gasteiger partial charge in [0.1, 0.15) is 6.17 Å². The molecule has 1 atom stereocenters. The topological polar surface area (TPSA) is 87.9 Å². The van der Waals surface area contributed by atoms with Crippen molar-refractivity contribution in [2.75, 3.05) is 6.54 Å². The molecule has 3 aromatic rings. The molecule has 0 spiro atoms. The SMILES string of the molecule is N#Cc1cc(-c2cccc(CO)c2Cl)c2ncn(CC(F)CCN)c2c1. The van der Waals surface area contributed by atoms with Crippen LogP contribution in [0.2, 0.25) is 5.02 Å². The number of nitrogens with zero attached hydrogens (tertiary/aromatic N) is 3. The number of imidazole rings is 1. The maximum absolute atomic E-state index is 14.0. The van der Waals surface area contributed by atoms with Crippen LogP contribution in [-0.4, -0.2) is 27.4 Å². The van der Waals surface area contributed by atoms with Gasteiger partial charge in [0.2, 0.25) is 0 Å². The average Bonchev–Trinajstić information content (AvgIpc) is 3.04. The van der Waals surface area contributed by atoms with Gasteiger partial charge in [-0.3, -0.25) is 0 Å². The van der Waals surface area contributed by atoms with Crippen molar-refractivity contribution in [2.24, 2.45) is 5.73 Å². The van der Waals surface area contributed by atoms with Crippen molar-refractivity contribution < 1.29 is 9.50 Å². The third-order valence-corrected chi connectivity index (χ3v) is 4.71. The number of nitrogens with two attached hydrogens (primary N) is 1. The van der Waals surface area contributed by atoms with Gasteiger partial charge in [-0.2, -0.15) is 5.26 Å². The Morgan fingerprint density at radius 2 is 2.15 bits per heavy atom. The van der Waals surface area contributed by atoms with Crippen molar-refractivity contribution in [3.8, 4) is 17.2 Å². The molecule has 3 rings (SSSR count). The van der Waals surface area contributed by atoms with E-state index in [1.165, 1.54) is 0 Å². The van der Waals surface area contributed by atoms with Gasteiger partial charge in [-0.05, 0) is 30.7 Å². The van der Waals surface area contributed by atoms with Crippen molar-refractivity contribution in [1.82, 2.24) is 9.55 Å². The van der Waals surface area contributed by atoms with Gasteiger partial charge in [0.25, 0.3) is 0 Å². The molecule has 1 heterocycles. The van der Waals surface area contributed by atoms with E-state index in [1.807, 2.05) is 6.07 Å². The van der Waals surface area contributed by atoms with Gasteiger partial charge in [0, 0.05) is 11.1 Å². The van der Waals surface area contributed by atoms with Crippen LogP contribution in [0.5, 0.6) is 0 Å². The summed E-state index contributed by atoms with van der Waals surface area (Å²) < 4.78 is 15.7. The van der Waals surface area contributed by atoms with Gasteiger partial charge < -0.3 is 15.4 Å². The molecule has 0 fully saturated rings. The molecule has 1 unspecified atom stereocenters. The van der Waals surface area contributed by atoms with Crippen LogP contribution in [0, 0.1) is 11.3 Å². The highest BCUT2D eigenvalue weighted by Gasteiger charge is 2.17. The normalized spacial score (nSPS) is 12.3. The molecule has 3 N–H and O–H groups in total. The Balaban J connectivity index is 2.18. The zero-order valence-electron chi connectivity index (χ0n) is 14.0. The quantitative estimate of drug-likeness (QED) is 0.694. The third-order valence-electron chi connectivity index (χ3n) is 4.27. The first-order chi connectivity index (χ1) is 12.6. The number of nitriles is 1. The summed E-state index contributed by atoms with van der Waals surface area (Å²) in [5, 5.41) is 19.2. The maximum atomic E-state index is 14.0. The minimum atomic E-state index is -1.09. The number of alkyl halides is 1. The highest BCUT2D eigenvalue weighted by atomic mass is 35.5. The average molecular weight is 373 g/mol. The Hall–Kier alpha value is -2.46. The molecule has 0 aliphatic heterocycles. The predicted molar refractivity (Wildman–Crippen MR) is 99.4 cm³/mol. The summed E-state index contributed by atoms with van der Waals surface area (Å²) in [4.78, 5) is 4.41. The minimum Gasteiger partial charge on any atom is -0.392 e. The molecule has 2 aromatic carbocycles. The molecule has 0 aliphatic rings. The van der Waals surface area contributed by atoms with Crippen molar-refractivity contribution in [1.29, 1.82) is 5.26 Å². The molecule has 0 aliphatic carbocycles. The summed E-state index contributed by atoms with van der Waals surface area (Å²) in [5.74, 6) is 0. The van der Waals surface area contributed by atoms with Crippen LogP contribution in [0.1, 0.15) is 17.5 Å². The Kier molecular flexibility index (Phi) is 5.52. The second-order valence-electron chi connectivity index (χ2n) is 6.01. The zero-order chi connectivity index (χ0) is 18.7. The first kappa shape index (κ1) is 18.3. The Labute approximate surface area is 155 Å². The molecule has 0 bridgehead atoms. The Bertz CT molecular complexity index is 980. The number of rotatable bonds is 6. The molecule has 0 saturated heterocycles. The van der Waals surface area contributed by atoms with Gasteiger partial charge in [-0.15, -0.1) is 0 Å². The van der Waals surface area contributed by atoms with Crippen molar-refractivity contribution in [3.63, 3.8) is 0 Å². The largest absolute Gasteiger partial charge is 0.392 e. The second kappa shape index (κ2) is 7.83. The van der Waals surface area contributed by atoms with E-state index in [4.69, 9.17) is 17.3 Å². The number of fused-ring (bicyclic) bond motifs is 1. The number of hydrogen-bond acceptors (Lipinski definition) is 4. The lowest BCUT2D eigenvalue weighted by atomic mass is 9.99. The van der Waals surface area contributed by atoms with E-state index in [0.717, 1.165) is 0 Å². The molecule has 0 amide bonds. The lowest BCUT2D eigenvalue weighted by Crippen LogP contribution is -2.15. The summed E-state index contributed by atoms with van der Waals surface area (Å²) >= 11 is 6.42. The van der Waals surface area contributed by atoms with Gasteiger partial charge >= 0.3 is 0 Å². The maximum Gasteiger partial charge on any atom is 0.119 e. The molecular formula is C19H18ClFN4O. The smallest absolute Gasteiger partial charge is 0.119 e. The van der Waals surface area contributed by atoms with Gasteiger partial charge in [0.15, 0.2) is 0 Å². The zero-order valence-corrected chi connectivity index (χ0v) is 14.7. The van der Waals surface area contributed by atoms with E-state index in [2.05, 4.69) is 11.1 Å². The third kappa shape index (κ3) is 3.42. The lowest BCUT2D eigenvalue weighted by Gasteiger charge is -2.11. The first-order valence-corrected chi connectivity index (χ1v) is 8.58. The van der Waals surface area contributed by atoms with E-state index < -0.39 is 6.17 Å². The Morgan fingerprint density at radius 3 is 2.85 bits per heavy atom. The van der Waals surface area contributed by atoms with Crippen LogP contribution in [0.3, 0.4) is 0 Å². The van der Waals surface area contributed by atoms with Crippen molar-refractivity contribution >= 4 is 22.6 Å². The van der Waals surface area contributed by atoms with Gasteiger partial charge in [-0.25, -0.2) is 9.37 Å². The first-order valence-electron chi connectivity index (χ1n) is 8.20. The number of halogens is 2. The molecular weight excluding hydrogens is 355 g/mol. The lowest BCUT2D eigenvalue weighted by molar-refractivity contribution is 0.282. The summed E-state index contributed by atoms with van der Waals surface area (Å²) in [5.41, 5.74) is 9.06. The van der Waals surface area contributed by atoms with Crippen molar-refractivity contribution in [3.05, 3.63) is 52.8 Å². The Morgan fingerprint density at radius 1 is 1.35 bits per heavy atom. The molecule has 1 aromatic heterocycles. The molecule has 5 nitrogen and oxygen atoms in total. The van der Waals surface area contributed by atoms with E-state index >= 15 is 0 Å². The number of aliphatic hydroxyl groups is 1. The fourth-order valence-electron chi connectivity index (χ4n) is 2.97. The predicted octanol–water partition coefficient (Wildman–Crippen LogP) is 3.41. The molecule has 7 heteroatoms. The van der Waals surface area contributed by atoms with E-state index in [-0.39, 0.29) is 26.1 Å².